The van der Waals surface area contributed by atoms with Gasteiger partial charge in [-0.2, -0.15) is 0 Å². The Morgan fingerprint density at radius 2 is 1.86 bits per heavy atom. The van der Waals surface area contributed by atoms with Gasteiger partial charge in [0.15, 0.2) is 0 Å². The molecular formula is C16H25FO3Si. The Kier molecular flexibility index (Phi) is 10.3. The smallest absolute Gasteiger partial charge is 0.261 e. The van der Waals surface area contributed by atoms with Gasteiger partial charge in [-0.05, 0) is 50.4 Å². The topological polar surface area (TPSA) is 27.7 Å². The molecule has 0 aliphatic heterocycles. The van der Waals surface area contributed by atoms with Gasteiger partial charge in [0.1, 0.15) is 5.82 Å². The van der Waals surface area contributed by atoms with Gasteiger partial charge in [-0.15, -0.1) is 0 Å². The Morgan fingerprint density at radius 3 is 2.52 bits per heavy atom. The lowest BCUT2D eigenvalue weighted by molar-refractivity contribution is -0.243. The summed E-state index contributed by atoms with van der Waals surface area (Å²) in [5, 5.41) is 0. The minimum atomic E-state index is -0.523. The molecule has 0 spiro atoms. The summed E-state index contributed by atoms with van der Waals surface area (Å²) < 4.78 is 29.2. The van der Waals surface area contributed by atoms with Crippen LogP contribution in [0.2, 0.25) is 6.04 Å². The Hall–Kier alpha value is -0.753. The molecule has 0 heterocycles. The number of hydrogen-bond donors (Lipinski definition) is 0. The maximum absolute atomic E-state index is 13.0. The fraction of sp³-hybridized carbons (Fsp3) is 0.625. The van der Waals surface area contributed by atoms with E-state index in [4.69, 9.17) is 13.9 Å². The lowest BCUT2D eigenvalue weighted by Crippen LogP contribution is -2.22. The first-order valence-corrected chi connectivity index (χ1v) is 8.74. The van der Waals surface area contributed by atoms with Gasteiger partial charge in [-0.3, -0.25) is 0 Å². The summed E-state index contributed by atoms with van der Waals surface area (Å²) in [5.41, 5.74) is 1.07. The Bertz CT molecular complexity index is 370. The van der Waals surface area contributed by atoms with Crippen LogP contribution >= 0.6 is 0 Å². The second-order valence-electron chi connectivity index (χ2n) is 4.65. The molecular weight excluding hydrogens is 287 g/mol. The molecule has 0 fully saturated rings. The lowest BCUT2D eigenvalue weighted by atomic mass is 10.1. The summed E-state index contributed by atoms with van der Waals surface area (Å²) in [6, 6.07) is 7.85. The Labute approximate surface area is 129 Å². The third kappa shape index (κ3) is 8.98. The van der Waals surface area contributed by atoms with Gasteiger partial charge in [-0.1, -0.05) is 25.0 Å². The molecule has 0 atom stereocenters. The quantitative estimate of drug-likeness (QED) is 0.332. The van der Waals surface area contributed by atoms with Gasteiger partial charge in [0.05, 0.1) is 0 Å². The first-order valence-electron chi connectivity index (χ1n) is 7.62. The van der Waals surface area contributed by atoms with Gasteiger partial charge in [0.25, 0.3) is 6.48 Å². The standard InChI is InChI=1S/C16H25FO3Si/c1-3-18-16(19-4-2)20-21-12-7-5-6-9-14-10-8-11-15(17)13-14/h8,10-11,13,16H,3-7,9,12H2,1-2H3. The van der Waals surface area contributed by atoms with Crippen LogP contribution in [0.15, 0.2) is 24.3 Å². The van der Waals surface area contributed by atoms with Crippen LogP contribution in [0.3, 0.4) is 0 Å². The van der Waals surface area contributed by atoms with E-state index in [1.807, 2.05) is 19.9 Å². The molecule has 0 saturated carbocycles. The highest BCUT2D eigenvalue weighted by Crippen LogP contribution is 2.10. The van der Waals surface area contributed by atoms with Crippen molar-refractivity contribution < 1.29 is 18.3 Å². The van der Waals surface area contributed by atoms with Crippen molar-refractivity contribution in [2.75, 3.05) is 13.2 Å². The van der Waals surface area contributed by atoms with Crippen molar-refractivity contribution in [1.82, 2.24) is 0 Å². The molecule has 3 nitrogen and oxygen atoms in total. The van der Waals surface area contributed by atoms with Gasteiger partial charge in [0, 0.05) is 13.2 Å². The molecule has 0 saturated heterocycles. The Balaban J connectivity index is 2.01. The summed E-state index contributed by atoms with van der Waals surface area (Å²) in [4.78, 5) is 0. The average Bonchev–Trinajstić information content (AvgIpc) is 2.46. The van der Waals surface area contributed by atoms with Crippen molar-refractivity contribution in [1.29, 1.82) is 0 Å². The highest BCUT2D eigenvalue weighted by Gasteiger charge is 2.07. The molecule has 1 aromatic carbocycles. The van der Waals surface area contributed by atoms with Crippen LogP contribution < -0.4 is 0 Å². The van der Waals surface area contributed by atoms with Gasteiger partial charge in [-0.25, -0.2) is 4.39 Å². The van der Waals surface area contributed by atoms with Gasteiger partial charge < -0.3 is 13.9 Å². The highest BCUT2D eigenvalue weighted by atomic mass is 28.2. The number of benzene rings is 1. The molecule has 0 unspecified atom stereocenters. The van der Waals surface area contributed by atoms with Crippen molar-refractivity contribution in [3.8, 4) is 0 Å². The van der Waals surface area contributed by atoms with E-state index >= 15 is 0 Å². The first kappa shape index (κ1) is 18.3. The molecule has 0 N–H and O–H groups in total. The second kappa shape index (κ2) is 11.9. The lowest BCUT2D eigenvalue weighted by Gasteiger charge is -2.16. The molecule has 0 bridgehead atoms. The molecule has 5 heteroatoms. The molecule has 0 aliphatic rings. The summed E-state index contributed by atoms with van der Waals surface area (Å²) in [6.45, 7) is 4.49. The van der Waals surface area contributed by atoms with E-state index in [1.165, 1.54) is 6.07 Å². The molecule has 118 valence electrons. The van der Waals surface area contributed by atoms with Crippen LogP contribution in [0.4, 0.5) is 4.39 Å². The number of rotatable bonds is 12. The zero-order chi connectivity index (χ0) is 15.3. The number of hydrogen-bond acceptors (Lipinski definition) is 3. The van der Waals surface area contributed by atoms with E-state index < -0.39 is 6.48 Å². The predicted molar refractivity (Wildman–Crippen MR) is 82.6 cm³/mol. The minimum Gasteiger partial charge on any atom is -0.372 e. The van der Waals surface area contributed by atoms with Crippen LogP contribution in [0.5, 0.6) is 0 Å². The fourth-order valence-corrected chi connectivity index (χ4v) is 2.70. The number of halogens is 1. The number of unbranched alkanes of at least 4 members (excludes halogenated alkanes) is 2. The van der Waals surface area contributed by atoms with Crippen LogP contribution in [0.25, 0.3) is 0 Å². The average molecular weight is 312 g/mol. The summed E-state index contributed by atoms with van der Waals surface area (Å²) >= 11 is 0. The van der Waals surface area contributed by atoms with Crippen LogP contribution in [-0.4, -0.2) is 29.5 Å². The molecule has 0 aliphatic carbocycles. The predicted octanol–water partition coefficient (Wildman–Crippen LogP) is 3.95. The van der Waals surface area contributed by atoms with Crippen molar-refractivity contribution in [3.05, 3.63) is 35.6 Å². The van der Waals surface area contributed by atoms with Crippen LogP contribution in [0, 0.1) is 5.82 Å². The minimum absolute atomic E-state index is 0.153. The summed E-state index contributed by atoms with van der Waals surface area (Å²) in [6.07, 6.45) is 4.25. The molecule has 1 aromatic rings. The number of ether oxygens (including phenoxy) is 2. The maximum Gasteiger partial charge on any atom is 0.261 e. The van der Waals surface area contributed by atoms with Crippen LogP contribution in [0.1, 0.15) is 38.7 Å². The third-order valence-electron chi connectivity index (χ3n) is 2.92. The normalized spacial score (nSPS) is 11.2. The van der Waals surface area contributed by atoms with E-state index in [-0.39, 0.29) is 5.82 Å². The van der Waals surface area contributed by atoms with E-state index in [9.17, 15) is 4.39 Å². The molecule has 21 heavy (non-hydrogen) atoms. The van der Waals surface area contributed by atoms with E-state index in [0.717, 1.165) is 37.3 Å². The summed E-state index contributed by atoms with van der Waals surface area (Å²) in [7, 11) is 0.398. The van der Waals surface area contributed by atoms with Gasteiger partial charge in [0.2, 0.25) is 9.76 Å². The van der Waals surface area contributed by atoms with E-state index in [1.54, 1.807) is 12.1 Å². The number of aryl methyl sites for hydroxylation is 1. The Morgan fingerprint density at radius 1 is 1.10 bits per heavy atom. The third-order valence-corrected chi connectivity index (χ3v) is 3.84. The largest absolute Gasteiger partial charge is 0.372 e. The zero-order valence-corrected chi connectivity index (χ0v) is 13.9. The SMILES string of the molecule is CCOC(OCC)O[Si]CCCCCc1cccc(F)c1. The van der Waals surface area contributed by atoms with E-state index in [0.29, 0.717) is 23.0 Å². The molecule has 0 aromatic heterocycles. The second-order valence-corrected chi connectivity index (χ2v) is 5.68. The summed E-state index contributed by atoms with van der Waals surface area (Å²) in [5.74, 6) is -0.153. The fourth-order valence-electron chi connectivity index (χ4n) is 1.91. The van der Waals surface area contributed by atoms with Crippen molar-refractivity contribution in [3.63, 3.8) is 0 Å². The van der Waals surface area contributed by atoms with Gasteiger partial charge >= 0.3 is 0 Å². The molecule has 2 radical (unpaired) electrons. The van der Waals surface area contributed by atoms with Crippen molar-refractivity contribution in [2.45, 2.75) is 52.1 Å². The maximum atomic E-state index is 13.0. The highest BCUT2D eigenvalue weighted by molar-refractivity contribution is 6.27. The zero-order valence-electron chi connectivity index (χ0n) is 12.9. The van der Waals surface area contributed by atoms with E-state index in [2.05, 4.69) is 0 Å². The van der Waals surface area contributed by atoms with Crippen molar-refractivity contribution >= 4 is 9.76 Å². The monoisotopic (exact) mass is 312 g/mol. The van der Waals surface area contributed by atoms with Crippen molar-refractivity contribution in [2.24, 2.45) is 0 Å². The van der Waals surface area contributed by atoms with Crippen LogP contribution in [-0.2, 0) is 20.3 Å². The molecule has 1 rings (SSSR count). The first-order chi connectivity index (χ1) is 10.3. The molecule has 0 amide bonds.